The molecule has 0 bridgehead atoms. The van der Waals surface area contributed by atoms with Gasteiger partial charge in [0, 0.05) is 24.1 Å². The first-order chi connectivity index (χ1) is 12.5. The molecule has 1 aliphatic heterocycles. The number of amides is 1. The van der Waals surface area contributed by atoms with E-state index in [1.165, 1.54) is 5.56 Å². The van der Waals surface area contributed by atoms with Crippen molar-refractivity contribution in [3.05, 3.63) is 59.7 Å². The molecular weight excluding hydrogens is 348 g/mol. The third kappa shape index (κ3) is 3.15. The Labute approximate surface area is 153 Å². The Kier molecular flexibility index (Phi) is 4.32. The van der Waals surface area contributed by atoms with Gasteiger partial charge in [0.15, 0.2) is 0 Å². The topological polar surface area (TPSA) is 75.3 Å². The molecule has 1 aliphatic carbocycles. The second-order valence-electron chi connectivity index (χ2n) is 7.19. The Morgan fingerprint density at radius 2 is 1.81 bits per heavy atom. The maximum atomic E-state index is 12.8. The Bertz CT molecular complexity index is 935. The number of rotatable bonds is 5. The maximum absolute atomic E-state index is 12.8. The molecule has 2 aromatic carbocycles. The first-order valence-corrected chi connectivity index (χ1v) is 10.4. The summed E-state index contributed by atoms with van der Waals surface area (Å²) in [5.41, 5.74) is 2.67. The van der Waals surface area contributed by atoms with Crippen LogP contribution < -0.4 is 10.0 Å². The van der Waals surface area contributed by atoms with E-state index in [1.807, 2.05) is 18.2 Å². The van der Waals surface area contributed by atoms with Crippen LogP contribution in [0.3, 0.4) is 0 Å². The summed E-state index contributed by atoms with van der Waals surface area (Å²) in [7, 11) is -3.59. The lowest BCUT2D eigenvalue weighted by molar-refractivity contribution is -0.116. The van der Waals surface area contributed by atoms with Gasteiger partial charge < -0.3 is 5.32 Å². The van der Waals surface area contributed by atoms with E-state index in [-0.39, 0.29) is 16.2 Å². The van der Waals surface area contributed by atoms with E-state index in [9.17, 15) is 13.2 Å². The van der Waals surface area contributed by atoms with Gasteiger partial charge in [0.05, 0.1) is 4.90 Å². The number of aryl methyl sites for hydroxylation is 1. The molecule has 2 aliphatic rings. The first-order valence-electron chi connectivity index (χ1n) is 8.97. The van der Waals surface area contributed by atoms with Crippen molar-refractivity contribution in [1.29, 1.82) is 0 Å². The van der Waals surface area contributed by atoms with Gasteiger partial charge in [-0.05, 0) is 48.6 Å². The number of anilines is 1. The highest BCUT2D eigenvalue weighted by atomic mass is 32.2. The van der Waals surface area contributed by atoms with Crippen LogP contribution in [0.1, 0.15) is 36.8 Å². The van der Waals surface area contributed by atoms with E-state index in [1.54, 1.807) is 18.2 Å². The zero-order chi connectivity index (χ0) is 18.2. The highest BCUT2D eigenvalue weighted by Crippen LogP contribution is 2.43. The summed E-state index contributed by atoms with van der Waals surface area (Å²) in [4.78, 5) is 11.7. The predicted molar refractivity (Wildman–Crippen MR) is 101 cm³/mol. The van der Waals surface area contributed by atoms with Crippen molar-refractivity contribution in [2.24, 2.45) is 0 Å². The predicted octanol–water partition coefficient (Wildman–Crippen LogP) is 2.97. The number of nitrogens with one attached hydrogen (secondary N) is 2. The van der Waals surface area contributed by atoms with Crippen molar-refractivity contribution in [3.8, 4) is 0 Å². The molecule has 2 N–H and O–H groups in total. The molecule has 2 aromatic rings. The molecule has 1 heterocycles. The molecule has 0 saturated heterocycles. The molecule has 1 amide bonds. The third-order valence-corrected chi connectivity index (χ3v) is 6.98. The molecule has 0 unspecified atom stereocenters. The van der Waals surface area contributed by atoms with Crippen LogP contribution in [-0.2, 0) is 26.7 Å². The van der Waals surface area contributed by atoms with Gasteiger partial charge in [-0.2, -0.15) is 0 Å². The standard InChI is InChI=1S/C20H22N2O3S/c23-19-10-7-15-13-17(8-9-18(15)22-19)26(24,25)21-14-20(11-4-12-20)16-5-2-1-3-6-16/h1-3,5-6,8-9,13,21H,4,7,10-12,14H2,(H,22,23). The van der Waals surface area contributed by atoms with E-state index < -0.39 is 10.0 Å². The average molecular weight is 370 g/mol. The zero-order valence-electron chi connectivity index (χ0n) is 14.5. The molecule has 0 aromatic heterocycles. The number of benzene rings is 2. The molecule has 26 heavy (non-hydrogen) atoms. The van der Waals surface area contributed by atoms with E-state index in [2.05, 4.69) is 22.2 Å². The summed E-state index contributed by atoms with van der Waals surface area (Å²) in [5.74, 6) is -0.0268. The summed E-state index contributed by atoms with van der Waals surface area (Å²) in [6.45, 7) is 0.410. The van der Waals surface area contributed by atoms with Crippen LogP contribution in [0.25, 0.3) is 0 Å². The van der Waals surface area contributed by atoms with Crippen LogP contribution in [0, 0.1) is 0 Å². The number of sulfonamides is 1. The normalized spacial score (nSPS) is 18.5. The lowest BCUT2D eigenvalue weighted by Crippen LogP contribution is -2.45. The number of carbonyl (C=O) groups excluding carboxylic acids is 1. The second kappa shape index (κ2) is 6.52. The fourth-order valence-corrected chi connectivity index (χ4v) is 4.98. The molecule has 0 radical (unpaired) electrons. The van der Waals surface area contributed by atoms with Gasteiger partial charge in [-0.25, -0.2) is 13.1 Å². The van der Waals surface area contributed by atoms with Gasteiger partial charge in [0.2, 0.25) is 15.9 Å². The highest BCUT2D eigenvalue weighted by molar-refractivity contribution is 7.89. The Hall–Kier alpha value is -2.18. The average Bonchev–Trinajstić information content (AvgIpc) is 2.61. The summed E-state index contributed by atoms with van der Waals surface area (Å²) in [6, 6.07) is 15.0. The summed E-state index contributed by atoms with van der Waals surface area (Å²) < 4.78 is 28.4. The number of hydrogen-bond acceptors (Lipinski definition) is 3. The second-order valence-corrected chi connectivity index (χ2v) is 8.96. The number of hydrogen-bond donors (Lipinski definition) is 2. The summed E-state index contributed by atoms with van der Waals surface area (Å²) in [5, 5.41) is 2.78. The van der Waals surface area contributed by atoms with Crippen LogP contribution in [0.5, 0.6) is 0 Å². The summed E-state index contributed by atoms with van der Waals surface area (Å²) >= 11 is 0. The van der Waals surface area contributed by atoms with Gasteiger partial charge >= 0.3 is 0 Å². The molecule has 1 fully saturated rings. The van der Waals surface area contributed by atoms with E-state index in [0.717, 1.165) is 24.8 Å². The van der Waals surface area contributed by atoms with Crippen molar-refractivity contribution in [3.63, 3.8) is 0 Å². The molecule has 1 saturated carbocycles. The van der Waals surface area contributed by atoms with Crippen LogP contribution in [0.15, 0.2) is 53.4 Å². The fourth-order valence-electron chi connectivity index (χ4n) is 3.81. The third-order valence-electron chi connectivity index (χ3n) is 5.58. The van der Waals surface area contributed by atoms with Crippen LogP contribution in [0.4, 0.5) is 5.69 Å². The van der Waals surface area contributed by atoms with Crippen molar-refractivity contribution in [2.75, 3.05) is 11.9 Å². The van der Waals surface area contributed by atoms with E-state index in [4.69, 9.17) is 0 Å². The van der Waals surface area contributed by atoms with Gasteiger partial charge in [-0.15, -0.1) is 0 Å². The monoisotopic (exact) mass is 370 g/mol. The van der Waals surface area contributed by atoms with Crippen molar-refractivity contribution in [2.45, 2.75) is 42.4 Å². The quantitative estimate of drug-likeness (QED) is 0.850. The number of carbonyl (C=O) groups is 1. The largest absolute Gasteiger partial charge is 0.326 e. The van der Waals surface area contributed by atoms with Crippen molar-refractivity contribution >= 4 is 21.6 Å². The molecule has 136 valence electrons. The molecule has 4 rings (SSSR count). The molecule has 6 heteroatoms. The van der Waals surface area contributed by atoms with E-state index >= 15 is 0 Å². The van der Waals surface area contributed by atoms with Crippen LogP contribution in [-0.4, -0.2) is 20.9 Å². The van der Waals surface area contributed by atoms with Crippen molar-refractivity contribution < 1.29 is 13.2 Å². The van der Waals surface area contributed by atoms with Crippen LogP contribution in [0.2, 0.25) is 0 Å². The first kappa shape index (κ1) is 17.2. The lowest BCUT2D eigenvalue weighted by Gasteiger charge is -2.42. The molecule has 0 atom stereocenters. The smallest absolute Gasteiger partial charge is 0.240 e. The Morgan fingerprint density at radius 1 is 1.04 bits per heavy atom. The van der Waals surface area contributed by atoms with Crippen LogP contribution >= 0.6 is 0 Å². The fraction of sp³-hybridized carbons (Fsp3) is 0.350. The van der Waals surface area contributed by atoms with Gasteiger partial charge in [-0.1, -0.05) is 36.8 Å². The van der Waals surface area contributed by atoms with Crippen molar-refractivity contribution in [1.82, 2.24) is 4.72 Å². The minimum Gasteiger partial charge on any atom is -0.326 e. The molecule has 0 spiro atoms. The lowest BCUT2D eigenvalue weighted by atomic mass is 9.64. The Balaban J connectivity index is 1.54. The zero-order valence-corrected chi connectivity index (χ0v) is 15.3. The minimum absolute atomic E-state index is 0.0268. The minimum atomic E-state index is -3.59. The SMILES string of the molecule is O=C1CCc2cc(S(=O)(=O)NCC3(c4ccccc4)CCC3)ccc2N1. The maximum Gasteiger partial charge on any atom is 0.240 e. The van der Waals surface area contributed by atoms with Gasteiger partial charge in [0.25, 0.3) is 0 Å². The number of fused-ring (bicyclic) bond motifs is 1. The Morgan fingerprint density at radius 3 is 2.50 bits per heavy atom. The highest BCUT2D eigenvalue weighted by Gasteiger charge is 2.39. The van der Waals surface area contributed by atoms with E-state index in [0.29, 0.717) is 25.1 Å². The molecule has 5 nitrogen and oxygen atoms in total. The molecular formula is C20H22N2O3S. The summed E-state index contributed by atoms with van der Waals surface area (Å²) in [6.07, 6.45) is 4.07. The van der Waals surface area contributed by atoms with Gasteiger partial charge in [0.1, 0.15) is 0 Å². The van der Waals surface area contributed by atoms with Gasteiger partial charge in [-0.3, -0.25) is 4.79 Å².